The maximum absolute atomic E-state index is 12.6. The second-order valence-electron chi connectivity index (χ2n) is 5.48. The van der Waals surface area contributed by atoms with Gasteiger partial charge in [-0.1, -0.05) is 43.7 Å². The molecule has 1 saturated carbocycles. The summed E-state index contributed by atoms with van der Waals surface area (Å²) in [5.74, 6) is 0.836. The molecule has 1 N–H and O–H groups in total. The van der Waals surface area contributed by atoms with E-state index in [4.69, 9.17) is 0 Å². The molecule has 1 aliphatic carbocycles. The van der Waals surface area contributed by atoms with Crippen LogP contribution in [0.3, 0.4) is 0 Å². The third kappa shape index (κ3) is 3.57. The zero-order valence-corrected chi connectivity index (χ0v) is 11.6. The van der Waals surface area contributed by atoms with Crippen LogP contribution in [0, 0.1) is 11.8 Å². The van der Waals surface area contributed by atoms with Gasteiger partial charge in [0.2, 0.25) is 5.91 Å². The predicted molar refractivity (Wildman–Crippen MR) is 75.4 cm³/mol. The van der Waals surface area contributed by atoms with E-state index in [1.54, 1.807) is 0 Å². The number of aliphatic hydroxyl groups is 1. The summed E-state index contributed by atoms with van der Waals surface area (Å²) in [5.41, 5.74) is 1.12. The van der Waals surface area contributed by atoms with E-state index >= 15 is 0 Å². The molecule has 2 unspecified atom stereocenters. The van der Waals surface area contributed by atoms with Crippen molar-refractivity contribution < 1.29 is 9.90 Å². The fraction of sp³-hybridized carbons (Fsp3) is 0.562. The molecule has 0 aliphatic heterocycles. The largest absolute Gasteiger partial charge is 0.395 e. The molecule has 0 bridgehead atoms. The molecule has 3 heteroatoms. The fourth-order valence-electron chi connectivity index (χ4n) is 2.94. The normalized spacial score (nSPS) is 22.4. The van der Waals surface area contributed by atoms with E-state index in [9.17, 15) is 9.90 Å². The Morgan fingerprint density at radius 2 is 2.05 bits per heavy atom. The van der Waals surface area contributed by atoms with Crippen molar-refractivity contribution in [1.82, 2.24) is 4.90 Å². The summed E-state index contributed by atoms with van der Waals surface area (Å²) in [4.78, 5) is 14.4. The molecule has 0 spiro atoms. The van der Waals surface area contributed by atoms with Crippen molar-refractivity contribution in [2.24, 2.45) is 11.8 Å². The summed E-state index contributed by atoms with van der Waals surface area (Å²) in [6.45, 7) is 3.22. The molecule has 3 nitrogen and oxygen atoms in total. The van der Waals surface area contributed by atoms with Gasteiger partial charge in [-0.05, 0) is 24.3 Å². The van der Waals surface area contributed by atoms with Crippen LogP contribution < -0.4 is 0 Å². The molecule has 2 atom stereocenters. The summed E-state index contributed by atoms with van der Waals surface area (Å²) in [6, 6.07) is 9.98. The molecule has 0 heterocycles. The minimum atomic E-state index is 0.0275. The molecule has 0 radical (unpaired) electrons. The van der Waals surface area contributed by atoms with Crippen LogP contribution in [0.1, 0.15) is 31.7 Å². The van der Waals surface area contributed by atoms with Crippen molar-refractivity contribution in [2.45, 2.75) is 32.7 Å². The lowest BCUT2D eigenvalue weighted by atomic mass is 9.96. The third-order valence-electron chi connectivity index (χ3n) is 4.08. The summed E-state index contributed by atoms with van der Waals surface area (Å²) in [7, 11) is 0. The van der Waals surface area contributed by atoms with Crippen LogP contribution >= 0.6 is 0 Å². The summed E-state index contributed by atoms with van der Waals surface area (Å²) in [6.07, 6.45) is 3.29. The Morgan fingerprint density at radius 3 is 2.63 bits per heavy atom. The minimum absolute atomic E-state index is 0.0275. The minimum Gasteiger partial charge on any atom is -0.395 e. The van der Waals surface area contributed by atoms with Crippen LogP contribution in [0.25, 0.3) is 0 Å². The van der Waals surface area contributed by atoms with Gasteiger partial charge in [0, 0.05) is 19.0 Å². The van der Waals surface area contributed by atoms with E-state index in [-0.39, 0.29) is 18.4 Å². The lowest BCUT2D eigenvalue weighted by Crippen LogP contribution is -2.38. The molecule has 104 valence electrons. The first-order valence-corrected chi connectivity index (χ1v) is 7.16. The van der Waals surface area contributed by atoms with Crippen LogP contribution in [0.15, 0.2) is 30.3 Å². The van der Waals surface area contributed by atoms with E-state index in [0.29, 0.717) is 19.0 Å². The topological polar surface area (TPSA) is 40.5 Å². The van der Waals surface area contributed by atoms with Gasteiger partial charge in [0.05, 0.1) is 6.61 Å². The highest BCUT2D eigenvalue weighted by Crippen LogP contribution is 2.32. The predicted octanol–water partition coefficient (Wildman–Crippen LogP) is 2.44. The number of amides is 1. The lowest BCUT2D eigenvalue weighted by Gasteiger charge is -2.27. The highest BCUT2D eigenvalue weighted by molar-refractivity contribution is 5.79. The van der Waals surface area contributed by atoms with E-state index in [1.807, 2.05) is 35.2 Å². The molecule has 19 heavy (non-hydrogen) atoms. The van der Waals surface area contributed by atoms with E-state index in [2.05, 4.69) is 6.92 Å². The van der Waals surface area contributed by atoms with Crippen molar-refractivity contribution >= 4 is 5.91 Å². The van der Waals surface area contributed by atoms with Gasteiger partial charge in [0.25, 0.3) is 0 Å². The number of hydrogen-bond donors (Lipinski definition) is 1. The first kappa shape index (κ1) is 14.1. The number of carbonyl (C=O) groups excluding carboxylic acids is 1. The van der Waals surface area contributed by atoms with E-state index in [0.717, 1.165) is 24.8 Å². The lowest BCUT2D eigenvalue weighted by molar-refractivity contribution is -0.137. The Kier molecular flexibility index (Phi) is 4.97. The maximum Gasteiger partial charge on any atom is 0.226 e. The van der Waals surface area contributed by atoms with Crippen molar-refractivity contribution in [1.29, 1.82) is 0 Å². The molecule has 0 saturated heterocycles. The van der Waals surface area contributed by atoms with Gasteiger partial charge in [-0.2, -0.15) is 0 Å². The summed E-state index contributed by atoms with van der Waals surface area (Å²) < 4.78 is 0. The van der Waals surface area contributed by atoms with Crippen LogP contribution in [0.4, 0.5) is 0 Å². The van der Waals surface area contributed by atoms with Gasteiger partial charge in [0.15, 0.2) is 0 Å². The highest BCUT2D eigenvalue weighted by Gasteiger charge is 2.32. The van der Waals surface area contributed by atoms with E-state index < -0.39 is 0 Å². The Balaban J connectivity index is 2.04. The average Bonchev–Trinajstić information content (AvgIpc) is 2.85. The highest BCUT2D eigenvalue weighted by atomic mass is 16.3. The number of hydrogen-bond acceptors (Lipinski definition) is 2. The second kappa shape index (κ2) is 6.71. The van der Waals surface area contributed by atoms with E-state index in [1.165, 1.54) is 0 Å². The van der Waals surface area contributed by atoms with Gasteiger partial charge in [-0.25, -0.2) is 0 Å². The van der Waals surface area contributed by atoms with Crippen LogP contribution in [0.5, 0.6) is 0 Å². The smallest absolute Gasteiger partial charge is 0.226 e. The SMILES string of the molecule is CC1CCCC1C(=O)N(CCO)Cc1ccccc1. The standard InChI is InChI=1S/C16H23NO2/c1-13-6-5-9-15(13)16(19)17(10-11-18)12-14-7-3-2-4-8-14/h2-4,7-8,13,15,18H,5-6,9-12H2,1H3. The maximum atomic E-state index is 12.6. The molecule has 0 aromatic heterocycles. The van der Waals surface area contributed by atoms with Crippen molar-refractivity contribution in [3.63, 3.8) is 0 Å². The average molecular weight is 261 g/mol. The molecule has 1 amide bonds. The molecular weight excluding hydrogens is 238 g/mol. The quantitative estimate of drug-likeness (QED) is 0.884. The van der Waals surface area contributed by atoms with Gasteiger partial charge in [-0.15, -0.1) is 0 Å². The second-order valence-corrected chi connectivity index (χ2v) is 5.48. The molecule has 1 aromatic rings. The Bertz CT molecular complexity index is 404. The van der Waals surface area contributed by atoms with Crippen molar-refractivity contribution in [3.8, 4) is 0 Å². The Hall–Kier alpha value is -1.35. The van der Waals surface area contributed by atoms with Gasteiger partial charge in [-0.3, -0.25) is 4.79 Å². The van der Waals surface area contributed by atoms with Crippen LogP contribution in [-0.4, -0.2) is 29.1 Å². The van der Waals surface area contributed by atoms with Crippen molar-refractivity contribution in [2.75, 3.05) is 13.2 Å². The number of benzene rings is 1. The monoisotopic (exact) mass is 261 g/mol. The van der Waals surface area contributed by atoms with Crippen LogP contribution in [0.2, 0.25) is 0 Å². The van der Waals surface area contributed by atoms with Crippen LogP contribution in [-0.2, 0) is 11.3 Å². The molecule has 2 rings (SSSR count). The fourth-order valence-corrected chi connectivity index (χ4v) is 2.94. The first-order chi connectivity index (χ1) is 9.22. The van der Waals surface area contributed by atoms with Gasteiger partial charge < -0.3 is 10.0 Å². The zero-order chi connectivity index (χ0) is 13.7. The molecule has 1 fully saturated rings. The number of aliphatic hydroxyl groups excluding tert-OH is 1. The third-order valence-corrected chi connectivity index (χ3v) is 4.08. The summed E-state index contributed by atoms with van der Waals surface area (Å²) in [5, 5.41) is 9.18. The van der Waals surface area contributed by atoms with Gasteiger partial charge >= 0.3 is 0 Å². The molecule has 1 aromatic carbocycles. The zero-order valence-electron chi connectivity index (χ0n) is 11.6. The van der Waals surface area contributed by atoms with Crippen molar-refractivity contribution in [3.05, 3.63) is 35.9 Å². The molecule has 1 aliphatic rings. The Morgan fingerprint density at radius 1 is 1.32 bits per heavy atom. The number of rotatable bonds is 5. The summed E-state index contributed by atoms with van der Waals surface area (Å²) >= 11 is 0. The Labute approximate surface area is 115 Å². The number of nitrogens with zero attached hydrogens (tertiary/aromatic N) is 1. The van der Waals surface area contributed by atoms with Gasteiger partial charge in [0.1, 0.15) is 0 Å². The number of carbonyl (C=O) groups is 1. The first-order valence-electron chi connectivity index (χ1n) is 7.16. The molecular formula is C16H23NO2.